The van der Waals surface area contributed by atoms with Gasteiger partial charge in [0.15, 0.2) is 11.5 Å². The third-order valence-electron chi connectivity index (χ3n) is 4.45. The Morgan fingerprint density at radius 1 is 1.19 bits per heavy atom. The summed E-state index contributed by atoms with van der Waals surface area (Å²) in [5, 5.41) is 3.42. The van der Waals surface area contributed by atoms with Crippen LogP contribution in [0.15, 0.2) is 12.1 Å². The first-order valence-electron chi connectivity index (χ1n) is 8.80. The fraction of sp³-hybridized carbons (Fsp3) is 0.400. The molecule has 7 heteroatoms. The molecule has 0 fully saturated rings. The molecule has 0 saturated heterocycles. The van der Waals surface area contributed by atoms with Gasteiger partial charge in [0.2, 0.25) is 5.91 Å². The highest BCUT2D eigenvalue weighted by Gasteiger charge is 2.33. The highest BCUT2D eigenvalue weighted by Crippen LogP contribution is 2.50. The van der Waals surface area contributed by atoms with E-state index in [0.717, 1.165) is 21.6 Å². The van der Waals surface area contributed by atoms with Crippen molar-refractivity contribution >= 4 is 28.2 Å². The number of rotatable bonds is 6. The minimum Gasteiger partial charge on any atom is -0.493 e. The molecule has 0 saturated carbocycles. The van der Waals surface area contributed by atoms with E-state index in [1.807, 2.05) is 26.0 Å². The Labute approximate surface area is 162 Å². The Kier molecular flexibility index (Phi) is 5.41. The molecule has 0 unspecified atom stereocenters. The predicted octanol–water partition coefficient (Wildman–Crippen LogP) is 4.11. The van der Waals surface area contributed by atoms with Crippen molar-refractivity contribution in [3.63, 3.8) is 0 Å². The zero-order chi connectivity index (χ0) is 19.7. The van der Waals surface area contributed by atoms with Crippen LogP contribution < -0.4 is 14.8 Å². The first-order chi connectivity index (χ1) is 12.9. The number of carbonyl (C=O) groups is 2. The van der Waals surface area contributed by atoms with Gasteiger partial charge in [-0.15, -0.1) is 11.3 Å². The SMILES string of the molecule is CCOC(=O)c1c(NC(=O)C(C)C)sc2c1-c1cc(OC)c(OC)cc1C2. The second-order valence-corrected chi connectivity index (χ2v) is 7.62. The summed E-state index contributed by atoms with van der Waals surface area (Å²) in [6, 6.07) is 3.81. The van der Waals surface area contributed by atoms with Crippen molar-refractivity contribution < 1.29 is 23.8 Å². The number of benzene rings is 1. The van der Waals surface area contributed by atoms with Gasteiger partial charge in [0, 0.05) is 22.8 Å². The number of methoxy groups -OCH3 is 2. The van der Waals surface area contributed by atoms with Crippen LogP contribution >= 0.6 is 11.3 Å². The second kappa shape index (κ2) is 7.60. The van der Waals surface area contributed by atoms with Crippen LogP contribution in [0.3, 0.4) is 0 Å². The highest BCUT2D eigenvalue weighted by molar-refractivity contribution is 7.17. The third-order valence-corrected chi connectivity index (χ3v) is 5.56. The molecule has 1 aromatic carbocycles. The summed E-state index contributed by atoms with van der Waals surface area (Å²) in [4.78, 5) is 25.9. The Bertz CT molecular complexity index is 900. The van der Waals surface area contributed by atoms with Crippen molar-refractivity contribution in [2.24, 2.45) is 5.92 Å². The first-order valence-corrected chi connectivity index (χ1v) is 9.61. The average Bonchev–Trinajstić information content (AvgIpc) is 3.15. The van der Waals surface area contributed by atoms with Crippen molar-refractivity contribution in [2.45, 2.75) is 27.2 Å². The lowest BCUT2D eigenvalue weighted by molar-refractivity contribution is -0.118. The van der Waals surface area contributed by atoms with E-state index < -0.39 is 5.97 Å². The van der Waals surface area contributed by atoms with Gasteiger partial charge in [-0.1, -0.05) is 13.8 Å². The third kappa shape index (κ3) is 3.39. The van der Waals surface area contributed by atoms with Gasteiger partial charge < -0.3 is 19.5 Å². The van der Waals surface area contributed by atoms with Crippen LogP contribution in [0.2, 0.25) is 0 Å². The van der Waals surface area contributed by atoms with Crippen LogP contribution in [-0.2, 0) is 16.0 Å². The maximum absolute atomic E-state index is 12.7. The zero-order valence-electron chi connectivity index (χ0n) is 16.1. The lowest BCUT2D eigenvalue weighted by Crippen LogP contribution is -2.19. The van der Waals surface area contributed by atoms with Crippen LogP contribution in [0.4, 0.5) is 5.00 Å². The number of esters is 1. The van der Waals surface area contributed by atoms with Crippen LogP contribution in [-0.4, -0.2) is 32.7 Å². The quantitative estimate of drug-likeness (QED) is 0.642. The summed E-state index contributed by atoms with van der Waals surface area (Å²) in [5.74, 6) is 0.494. The number of thiophene rings is 1. The second-order valence-electron chi connectivity index (χ2n) is 6.51. The number of fused-ring (bicyclic) bond motifs is 3. The molecular formula is C20H23NO5S. The Hall–Kier alpha value is -2.54. The van der Waals surface area contributed by atoms with Crippen molar-refractivity contribution in [2.75, 3.05) is 26.1 Å². The summed E-state index contributed by atoms with van der Waals surface area (Å²) in [6.45, 7) is 5.65. The number of nitrogens with one attached hydrogen (secondary N) is 1. The fourth-order valence-electron chi connectivity index (χ4n) is 3.10. The number of hydrogen-bond donors (Lipinski definition) is 1. The molecule has 2 aromatic rings. The van der Waals surface area contributed by atoms with E-state index in [-0.39, 0.29) is 18.4 Å². The molecule has 0 atom stereocenters. The fourth-order valence-corrected chi connectivity index (χ4v) is 4.33. The molecule has 0 radical (unpaired) electrons. The van der Waals surface area contributed by atoms with E-state index >= 15 is 0 Å². The maximum Gasteiger partial charge on any atom is 0.341 e. The Morgan fingerprint density at radius 3 is 2.44 bits per heavy atom. The summed E-state index contributed by atoms with van der Waals surface area (Å²) in [7, 11) is 3.17. The molecule has 1 N–H and O–H groups in total. The summed E-state index contributed by atoms with van der Waals surface area (Å²) >= 11 is 1.42. The van der Waals surface area contributed by atoms with E-state index in [0.29, 0.717) is 28.5 Å². The number of amides is 1. The van der Waals surface area contributed by atoms with Gasteiger partial charge in [-0.3, -0.25) is 4.79 Å². The van der Waals surface area contributed by atoms with Crippen LogP contribution in [0, 0.1) is 5.92 Å². The molecule has 0 bridgehead atoms. The van der Waals surface area contributed by atoms with E-state index in [2.05, 4.69) is 5.32 Å². The van der Waals surface area contributed by atoms with Crippen LogP contribution in [0.5, 0.6) is 11.5 Å². The Balaban J connectivity index is 2.15. The number of hydrogen-bond acceptors (Lipinski definition) is 6. The molecule has 1 aromatic heterocycles. The summed E-state index contributed by atoms with van der Waals surface area (Å²) in [5.41, 5.74) is 3.19. The van der Waals surface area contributed by atoms with Crippen LogP contribution in [0.25, 0.3) is 11.1 Å². The normalized spacial score (nSPS) is 11.8. The van der Waals surface area contributed by atoms with E-state index in [4.69, 9.17) is 14.2 Å². The lowest BCUT2D eigenvalue weighted by Gasteiger charge is -2.13. The molecule has 144 valence electrons. The number of carbonyl (C=O) groups excluding carboxylic acids is 2. The monoisotopic (exact) mass is 389 g/mol. The number of anilines is 1. The lowest BCUT2D eigenvalue weighted by atomic mass is 10.0. The Morgan fingerprint density at radius 2 is 1.85 bits per heavy atom. The van der Waals surface area contributed by atoms with Crippen molar-refractivity contribution in [1.29, 1.82) is 0 Å². The highest BCUT2D eigenvalue weighted by atomic mass is 32.1. The molecule has 27 heavy (non-hydrogen) atoms. The molecular weight excluding hydrogens is 366 g/mol. The minimum atomic E-state index is -0.434. The first kappa shape index (κ1) is 19.2. The summed E-state index contributed by atoms with van der Waals surface area (Å²) < 4.78 is 16.1. The molecule has 0 aliphatic heterocycles. The molecule has 3 rings (SSSR count). The largest absolute Gasteiger partial charge is 0.493 e. The average molecular weight is 389 g/mol. The molecule has 1 heterocycles. The molecule has 1 amide bonds. The smallest absolute Gasteiger partial charge is 0.341 e. The van der Waals surface area contributed by atoms with Gasteiger partial charge in [-0.05, 0) is 30.2 Å². The van der Waals surface area contributed by atoms with Gasteiger partial charge in [-0.25, -0.2) is 4.79 Å². The minimum absolute atomic E-state index is 0.131. The van der Waals surface area contributed by atoms with Gasteiger partial charge in [0.25, 0.3) is 0 Å². The molecule has 6 nitrogen and oxygen atoms in total. The molecule has 1 aliphatic rings. The van der Waals surface area contributed by atoms with Crippen molar-refractivity contribution in [3.05, 3.63) is 28.1 Å². The van der Waals surface area contributed by atoms with E-state index in [1.54, 1.807) is 21.1 Å². The van der Waals surface area contributed by atoms with Gasteiger partial charge in [0.05, 0.1) is 20.8 Å². The maximum atomic E-state index is 12.7. The van der Waals surface area contributed by atoms with Crippen molar-refractivity contribution in [1.82, 2.24) is 0 Å². The standard InChI is InChI=1S/C20H23NO5S/c1-6-26-20(23)17-16-12-9-14(25-5)13(24-4)7-11(12)8-15(16)27-19(17)21-18(22)10(2)3/h7,9-10H,6,8H2,1-5H3,(H,21,22). The topological polar surface area (TPSA) is 73.9 Å². The van der Waals surface area contributed by atoms with Crippen molar-refractivity contribution in [3.8, 4) is 22.6 Å². The molecule has 0 spiro atoms. The van der Waals surface area contributed by atoms with Gasteiger partial charge >= 0.3 is 5.97 Å². The van der Waals surface area contributed by atoms with Crippen LogP contribution in [0.1, 0.15) is 41.6 Å². The van der Waals surface area contributed by atoms with E-state index in [9.17, 15) is 9.59 Å². The van der Waals surface area contributed by atoms with Gasteiger partial charge in [-0.2, -0.15) is 0 Å². The summed E-state index contributed by atoms with van der Waals surface area (Å²) in [6.07, 6.45) is 0.666. The molecule has 1 aliphatic carbocycles. The van der Waals surface area contributed by atoms with E-state index in [1.165, 1.54) is 11.3 Å². The predicted molar refractivity (Wildman–Crippen MR) is 105 cm³/mol. The zero-order valence-corrected chi connectivity index (χ0v) is 16.9. The van der Waals surface area contributed by atoms with Gasteiger partial charge in [0.1, 0.15) is 10.6 Å². The number of ether oxygens (including phenoxy) is 3.